The van der Waals surface area contributed by atoms with Crippen molar-refractivity contribution in [2.45, 2.75) is 13.8 Å². The van der Waals surface area contributed by atoms with Crippen LogP contribution in [-0.4, -0.2) is 46.5 Å². The van der Waals surface area contributed by atoms with Crippen LogP contribution in [0.4, 0.5) is 10.1 Å². The van der Waals surface area contributed by atoms with Crippen LogP contribution in [0.5, 0.6) is 0 Å². The van der Waals surface area contributed by atoms with Gasteiger partial charge in [-0.15, -0.1) is 0 Å². The molecule has 0 spiro atoms. The second-order valence-electron chi connectivity index (χ2n) is 8.78. The zero-order valence-corrected chi connectivity index (χ0v) is 20.4. The van der Waals surface area contributed by atoms with E-state index >= 15 is 0 Å². The van der Waals surface area contributed by atoms with Gasteiger partial charge in [-0.25, -0.2) is 4.39 Å². The summed E-state index contributed by atoms with van der Waals surface area (Å²) in [5.41, 5.74) is 4.12. The largest absolute Gasteiger partial charge is 0.366 e. The van der Waals surface area contributed by atoms with Crippen molar-refractivity contribution >= 4 is 34.7 Å². The maximum absolute atomic E-state index is 14.1. The molecule has 0 unspecified atom stereocenters. The number of H-pyrrole nitrogens is 1. The molecule has 2 heterocycles. The Morgan fingerprint density at radius 2 is 1.66 bits per heavy atom. The van der Waals surface area contributed by atoms with Gasteiger partial charge in [0.15, 0.2) is 4.77 Å². The standard InChI is InChI=1S/C27H25FN4O2S/c1-17-6-5-9-23(18(17)2)32-26(34)20-11-10-19(16-22(20)29-27(32)35)25(33)31-14-12-30(13-15-31)24-8-4-3-7-21(24)28/h3-11,16H,12-15H2,1-2H3,(H,29,35). The zero-order valence-electron chi connectivity index (χ0n) is 19.5. The van der Waals surface area contributed by atoms with Crippen LogP contribution < -0.4 is 10.5 Å². The van der Waals surface area contributed by atoms with Gasteiger partial charge in [-0.05, 0) is 73.6 Å². The van der Waals surface area contributed by atoms with E-state index in [1.807, 2.05) is 43.0 Å². The fourth-order valence-corrected chi connectivity index (χ4v) is 4.88. The summed E-state index contributed by atoms with van der Waals surface area (Å²) in [6.45, 7) is 6.01. The van der Waals surface area contributed by atoms with Crippen molar-refractivity contribution in [3.8, 4) is 5.69 Å². The molecule has 8 heteroatoms. The summed E-state index contributed by atoms with van der Waals surface area (Å²) in [7, 11) is 0. The average Bonchev–Trinajstić information content (AvgIpc) is 2.86. The van der Waals surface area contributed by atoms with Crippen LogP contribution in [0.25, 0.3) is 16.6 Å². The van der Waals surface area contributed by atoms with Crippen molar-refractivity contribution in [1.82, 2.24) is 14.5 Å². The van der Waals surface area contributed by atoms with Gasteiger partial charge in [0.05, 0.1) is 22.3 Å². The molecule has 3 aromatic carbocycles. The van der Waals surface area contributed by atoms with E-state index in [0.717, 1.165) is 16.8 Å². The number of benzene rings is 3. The number of rotatable bonds is 3. The quantitative estimate of drug-likeness (QED) is 0.422. The van der Waals surface area contributed by atoms with E-state index in [1.54, 1.807) is 35.2 Å². The molecule has 35 heavy (non-hydrogen) atoms. The number of carbonyl (C=O) groups is 1. The Labute approximate surface area is 207 Å². The van der Waals surface area contributed by atoms with Crippen LogP contribution >= 0.6 is 12.2 Å². The molecule has 6 nitrogen and oxygen atoms in total. The predicted molar refractivity (Wildman–Crippen MR) is 139 cm³/mol. The van der Waals surface area contributed by atoms with Gasteiger partial charge in [-0.3, -0.25) is 14.2 Å². The molecule has 1 aliphatic rings. The predicted octanol–water partition coefficient (Wildman–Crippen LogP) is 4.77. The number of aryl methyl sites for hydroxylation is 1. The van der Waals surface area contributed by atoms with E-state index in [1.165, 1.54) is 10.6 Å². The number of halogens is 1. The van der Waals surface area contributed by atoms with Gasteiger partial charge in [-0.1, -0.05) is 24.3 Å². The van der Waals surface area contributed by atoms with Crippen molar-refractivity contribution in [1.29, 1.82) is 0 Å². The molecule has 5 rings (SSSR count). The smallest absolute Gasteiger partial charge is 0.266 e. The van der Waals surface area contributed by atoms with E-state index < -0.39 is 0 Å². The fraction of sp³-hybridized carbons (Fsp3) is 0.222. The Balaban J connectivity index is 1.42. The van der Waals surface area contributed by atoms with Gasteiger partial charge < -0.3 is 14.8 Å². The normalized spacial score (nSPS) is 13.9. The lowest BCUT2D eigenvalue weighted by Gasteiger charge is -2.36. The molecule has 1 fully saturated rings. The highest BCUT2D eigenvalue weighted by Gasteiger charge is 2.24. The van der Waals surface area contributed by atoms with E-state index in [-0.39, 0.29) is 22.1 Å². The number of amides is 1. The third-order valence-electron chi connectivity index (χ3n) is 6.72. The molecule has 1 aromatic heterocycles. The zero-order chi connectivity index (χ0) is 24.7. The van der Waals surface area contributed by atoms with Crippen molar-refractivity contribution in [3.63, 3.8) is 0 Å². The number of aromatic amines is 1. The number of hydrogen-bond donors (Lipinski definition) is 1. The number of anilines is 1. The first-order chi connectivity index (χ1) is 16.8. The monoisotopic (exact) mass is 488 g/mol. The summed E-state index contributed by atoms with van der Waals surface area (Å²) in [6, 6.07) is 17.5. The number of aromatic nitrogens is 2. The minimum atomic E-state index is -0.261. The van der Waals surface area contributed by atoms with Crippen LogP contribution in [-0.2, 0) is 0 Å². The van der Waals surface area contributed by atoms with Crippen LogP contribution in [0.3, 0.4) is 0 Å². The lowest BCUT2D eigenvalue weighted by atomic mass is 10.1. The molecule has 0 atom stereocenters. The lowest BCUT2D eigenvalue weighted by molar-refractivity contribution is 0.0747. The van der Waals surface area contributed by atoms with Gasteiger partial charge in [0.1, 0.15) is 5.82 Å². The maximum Gasteiger partial charge on any atom is 0.266 e. The highest BCUT2D eigenvalue weighted by molar-refractivity contribution is 7.71. The third kappa shape index (κ3) is 4.14. The first-order valence-electron chi connectivity index (χ1n) is 11.5. The van der Waals surface area contributed by atoms with Crippen molar-refractivity contribution in [2.24, 2.45) is 0 Å². The molecule has 4 aromatic rings. The second-order valence-corrected chi connectivity index (χ2v) is 9.17. The minimum absolute atomic E-state index is 0.127. The number of hydrogen-bond acceptors (Lipinski definition) is 4. The molecule has 178 valence electrons. The van der Waals surface area contributed by atoms with Gasteiger partial charge in [0, 0.05) is 31.7 Å². The molecule has 1 amide bonds. The number of fused-ring (bicyclic) bond motifs is 1. The van der Waals surface area contributed by atoms with Gasteiger partial charge in [-0.2, -0.15) is 0 Å². The number of para-hydroxylation sites is 1. The fourth-order valence-electron chi connectivity index (χ4n) is 4.59. The summed E-state index contributed by atoms with van der Waals surface area (Å²) in [6.07, 6.45) is 0. The van der Waals surface area contributed by atoms with Crippen molar-refractivity contribution in [3.05, 3.63) is 98.3 Å². The van der Waals surface area contributed by atoms with E-state index in [2.05, 4.69) is 4.98 Å². The number of carbonyl (C=O) groups excluding carboxylic acids is 1. The van der Waals surface area contributed by atoms with E-state index in [0.29, 0.717) is 48.3 Å². The Morgan fingerprint density at radius 1 is 0.943 bits per heavy atom. The number of nitrogens with zero attached hydrogens (tertiary/aromatic N) is 3. The maximum atomic E-state index is 14.1. The van der Waals surface area contributed by atoms with E-state index in [9.17, 15) is 14.0 Å². The van der Waals surface area contributed by atoms with Crippen LogP contribution in [0.15, 0.2) is 65.5 Å². The molecule has 0 bridgehead atoms. The second kappa shape index (κ2) is 9.11. The van der Waals surface area contributed by atoms with Gasteiger partial charge in [0.2, 0.25) is 0 Å². The first kappa shape index (κ1) is 23.0. The molecule has 0 saturated carbocycles. The minimum Gasteiger partial charge on any atom is -0.366 e. The summed E-state index contributed by atoms with van der Waals surface area (Å²) in [5, 5.41) is 0.459. The van der Waals surface area contributed by atoms with Crippen LogP contribution in [0.2, 0.25) is 0 Å². The van der Waals surface area contributed by atoms with Crippen LogP contribution in [0, 0.1) is 24.4 Å². The van der Waals surface area contributed by atoms with Gasteiger partial charge in [0.25, 0.3) is 11.5 Å². The molecular weight excluding hydrogens is 463 g/mol. The Morgan fingerprint density at radius 3 is 2.40 bits per heavy atom. The molecule has 1 saturated heterocycles. The SMILES string of the molecule is Cc1cccc(-n2c(=S)[nH]c3cc(C(=O)N4CCN(c5ccccc5F)CC4)ccc3c2=O)c1C. The van der Waals surface area contributed by atoms with Crippen molar-refractivity contribution in [2.75, 3.05) is 31.1 Å². The Hall–Kier alpha value is -3.78. The summed E-state index contributed by atoms with van der Waals surface area (Å²) in [5.74, 6) is -0.387. The molecule has 1 aliphatic heterocycles. The Kier molecular flexibility index (Phi) is 5.98. The molecule has 1 N–H and O–H groups in total. The van der Waals surface area contributed by atoms with Crippen LogP contribution in [0.1, 0.15) is 21.5 Å². The summed E-state index contributed by atoms with van der Waals surface area (Å²) in [4.78, 5) is 33.4. The van der Waals surface area contributed by atoms with Gasteiger partial charge >= 0.3 is 0 Å². The summed E-state index contributed by atoms with van der Waals surface area (Å²) < 4.78 is 15.9. The molecular formula is C27H25FN4O2S. The number of nitrogens with one attached hydrogen (secondary N) is 1. The highest BCUT2D eigenvalue weighted by Crippen LogP contribution is 2.22. The topological polar surface area (TPSA) is 61.3 Å². The summed E-state index contributed by atoms with van der Waals surface area (Å²) >= 11 is 5.53. The lowest BCUT2D eigenvalue weighted by Crippen LogP contribution is -2.49. The third-order valence-corrected chi connectivity index (χ3v) is 7.01. The van der Waals surface area contributed by atoms with E-state index in [4.69, 9.17) is 12.2 Å². The number of piperazine rings is 1. The Bertz CT molecular complexity index is 1570. The highest BCUT2D eigenvalue weighted by atomic mass is 32.1. The molecule has 0 radical (unpaired) electrons. The van der Waals surface area contributed by atoms with Crippen molar-refractivity contribution < 1.29 is 9.18 Å². The molecule has 0 aliphatic carbocycles. The first-order valence-corrected chi connectivity index (χ1v) is 11.9. The average molecular weight is 489 g/mol.